The molecule has 1 atom stereocenters. The minimum Gasteiger partial charge on any atom is -0.381 e. The van der Waals surface area contributed by atoms with Crippen molar-refractivity contribution in [2.24, 2.45) is 11.8 Å². The molecule has 0 radical (unpaired) electrons. The van der Waals surface area contributed by atoms with E-state index in [2.05, 4.69) is 14.9 Å². The predicted molar refractivity (Wildman–Crippen MR) is 113 cm³/mol. The highest BCUT2D eigenvalue weighted by molar-refractivity contribution is 5.93. The van der Waals surface area contributed by atoms with Gasteiger partial charge in [-0.05, 0) is 49.7 Å². The van der Waals surface area contributed by atoms with Crippen LogP contribution in [-0.2, 0) is 11.2 Å². The van der Waals surface area contributed by atoms with Crippen molar-refractivity contribution in [3.63, 3.8) is 0 Å². The molecule has 0 bridgehead atoms. The number of aromatic amines is 1. The molecular formula is C23H31N5O2. The van der Waals surface area contributed by atoms with E-state index in [0.29, 0.717) is 23.4 Å². The van der Waals surface area contributed by atoms with E-state index in [9.17, 15) is 4.79 Å². The van der Waals surface area contributed by atoms with Crippen molar-refractivity contribution >= 4 is 5.91 Å². The Morgan fingerprint density at radius 3 is 2.77 bits per heavy atom. The number of hydrogen-bond acceptors (Lipinski definition) is 5. The van der Waals surface area contributed by atoms with E-state index in [-0.39, 0.29) is 5.91 Å². The SMILES string of the molecule is O=C(c1cccnc1)N1CCC(C2c3nc[nH]c3CCN2CC2CCOCC2)CC1. The summed E-state index contributed by atoms with van der Waals surface area (Å²) in [6, 6.07) is 4.04. The third-order valence-electron chi connectivity index (χ3n) is 7.09. The van der Waals surface area contributed by atoms with E-state index < -0.39 is 0 Å². The van der Waals surface area contributed by atoms with Gasteiger partial charge < -0.3 is 14.6 Å². The smallest absolute Gasteiger partial charge is 0.255 e. The van der Waals surface area contributed by atoms with Crippen molar-refractivity contribution in [3.8, 4) is 0 Å². The lowest BCUT2D eigenvalue weighted by atomic mass is 9.83. The maximum Gasteiger partial charge on any atom is 0.255 e. The summed E-state index contributed by atoms with van der Waals surface area (Å²) in [4.78, 5) is 29.7. The quantitative estimate of drug-likeness (QED) is 0.840. The first-order valence-electron chi connectivity index (χ1n) is 11.3. The second-order valence-electron chi connectivity index (χ2n) is 8.88. The van der Waals surface area contributed by atoms with Gasteiger partial charge in [-0.1, -0.05) is 0 Å². The number of rotatable bonds is 4. The Kier molecular flexibility index (Phi) is 5.82. The average Bonchev–Trinajstić information content (AvgIpc) is 3.29. The van der Waals surface area contributed by atoms with Crippen LogP contribution in [0.2, 0.25) is 0 Å². The number of H-pyrrole nitrogens is 1. The molecule has 30 heavy (non-hydrogen) atoms. The predicted octanol–water partition coefficient (Wildman–Crippen LogP) is 2.68. The second-order valence-corrected chi connectivity index (χ2v) is 8.88. The summed E-state index contributed by atoms with van der Waals surface area (Å²) in [5.74, 6) is 1.35. The standard InChI is InChI=1S/C23H31N5O2/c29-23(19-2-1-8-24-14-19)27-9-3-18(4-10-27)22-21-20(25-16-26-21)5-11-28(22)15-17-6-12-30-13-7-17/h1-2,8,14,16-18,22H,3-7,9-13,15H2,(H,25,26). The third-order valence-corrected chi connectivity index (χ3v) is 7.09. The molecule has 3 aliphatic heterocycles. The highest BCUT2D eigenvalue weighted by Crippen LogP contribution is 2.39. The summed E-state index contributed by atoms with van der Waals surface area (Å²) in [6.07, 6.45) is 10.6. The molecule has 0 spiro atoms. The van der Waals surface area contributed by atoms with Gasteiger partial charge in [-0.25, -0.2) is 4.98 Å². The molecule has 3 aliphatic rings. The van der Waals surface area contributed by atoms with Crippen molar-refractivity contribution in [2.75, 3.05) is 39.4 Å². The van der Waals surface area contributed by atoms with Crippen LogP contribution in [0.4, 0.5) is 0 Å². The second kappa shape index (κ2) is 8.86. The lowest BCUT2D eigenvalue weighted by molar-refractivity contribution is 0.0241. The van der Waals surface area contributed by atoms with Gasteiger partial charge in [0.05, 0.1) is 23.6 Å². The van der Waals surface area contributed by atoms with Gasteiger partial charge in [-0.3, -0.25) is 14.7 Å². The highest BCUT2D eigenvalue weighted by atomic mass is 16.5. The molecule has 0 aliphatic carbocycles. The number of hydrogen-bond donors (Lipinski definition) is 1. The van der Waals surface area contributed by atoms with Crippen molar-refractivity contribution in [2.45, 2.75) is 38.1 Å². The fraction of sp³-hybridized carbons (Fsp3) is 0.609. The molecule has 160 valence electrons. The van der Waals surface area contributed by atoms with Crippen molar-refractivity contribution in [1.29, 1.82) is 0 Å². The van der Waals surface area contributed by atoms with E-state index in [0.717, 1.165) is 71.5 Å². The zero-order valence-corrected chi connectivity index (χ0v) is 17.5. The van der Waals surface area contributed by atoms with E-state index in [4.69, 9.17) is 9.72 Å². The monoisotopic (exact) mass is 409 g/mol. The Balaban J connectivity index is 1.28. The van der Waals surface area contributed by atoms with Crippen molar-refractivity contribution in [3.05, 3.63) is 47.8 Å². The number of nitrogens with zero attached hydrogens (tertiary/aromatic N) is 4. The van der Waals surface area contributed by atoms with Gasteiger partial charge in [-0.15, -0.1) is 0 Å². The van der Waals surface area contributed by atoms with E-state index >= 15 is 0 Å². The number of nitrogens with one attached hydrogen (secondary N) is 1. The molecule has 1 N–H and O–H groups in total. The molecule has 1 unspecified atom stereocenters. The first-order chi connectivity index (χ1) is 14.8. The summed E-state index contributed by atoms with van der Waals surface area (Å²) >= 11 is 0. The Labute approximate surface area is 177 Å². The highest BCUT2D eigenvalue weighted by Gasteiger charge is 2.38. The van der Waals surface area contributed by atoms with Crippen LogP contribution in [0.5, 0.6) is 0 Å². The number of imidazole rings is 1. The Morgan fingerprint density at radius 1 is 1.17 bits per heavy atom. The number of piperidine rings is 1. The van der Waals surface area contributed by atoms with Crippen LogP contribution in [0.1, 0.15) is 53.5 Å². The molecular weight excluding hydrogens is 378 g/mol. The Bertz CT molecular complexity index is 840. The third kappa shape index (κ3) is 4.01. The maximum absolute atomic E-state index is 12.8. The van der Waals surface area contributed by atoms with Crippen LogP contribution < -0.4 is 0 Å². The summed E-state index contributed by atoms with van der Waals surface area (Å²) in [7, 11) is 0. The number of aromatic nitrogens is 3. The van der Waals surface area contributed by atoms with E-state index in [1.165, 1.54) is 11.4 Å². The first kappa shape index (κ1) is 19.7. The summed E-state index contributed by atoms with van der Waals surface area (Å²) in [5, 5.41) is 0. The fourth-order valence-electron chi connectivity index (χ4n) is 5.43. The molecule has 5 heterocycles. The molecule has 0 aromatic carbocycles. The van der Waals surface area contributed by atoms with Gasteiger partial charge in [0.25, 0.3) is 5.91 Å². The van der Waals surface area contributed by atoms with Crippen LogP contribution in [0.15, 0.2) is 30.9 Å². The van der Waals surface area contributed by atoms with Gasteiger partial charge in [-0.2, -0.15) is 0 Å². The minimum absolute atomic E-state index is 0.102. The zero-order chi connectivity index (χ0) is 20.3. The molecule has 2 saturated heterocycles. The Hall–Kier alpha value is -2.25. The zero-order valence-electron chi connectivity index (χ0n) is 17.5. The molecule has 7 heteroatoms. The normalized spacial score (nSPS) is 24.0. The summed E-state index contributed by atoms with van der Waals surface area (Å²) < 4.78 is 5.57. The first-order valence-corrected chi connectivity index (χ1v) is 11.3. The summed E-state index contributed by atoms with van der Waals surface area (Å²) in [6.45, 7) is 5.62. The maximum atomic E-state index is 12.8. The van der Waals surface area contributed by atoms with Gasteiger partial charge in [0.15, 0.2) is 0 Å². The lowest BCUT2D eigenvalue weighted by Gasteiger charge is -2.44. The van der Waals surface area contributed by atoms with Gasteiger partial charge in [0.1, 0.15) is 0 Å². The van der Waals surface area contributed by atoms with E-state index in [1.807, 2.05) is 23.4 Å². The largest absolute Gasteiger partial charge is 0.381 e. The molecule has 7 nitrogen and oxygen atoms in total. The van der Waals surface area contributed by atoms with Crippen LogP contribution in [0, 0.1) is 11.8 Å². The molecule has 2 aromatic rings. The van der Waals surface area contributed by atoms with Gasteiger partial charge in [0, 0.05) is 63.9 Å². The van der Waals surface area contributed by atoms with Gasteiger partial charge >= 0.3 is 0 Å². The number of pyridine rings is 1. The molecule has 5 rings (SSSR count). The van der Waals surface area contributed by atoms with Crippen LogP contribution in [0.3, 0.4) is 0 Å². The van der Waals surface area contributed by atoms with Crippen molar-refractivity contribution in [1.82, 2.24) is 24.8 Å². The van der Waals surface area contributed by atoms with Gasteiger partial charge in [0.2, 0.25) is 0 Å². The Morgan fingerprint density at radius 2 is 2.00 bits per heavy atom. The summed E-state index contributed by atoms with van der Waals surface area (Å²) in [5.41, 5.74) is 3.23. The molecule has 1 amide bonds. The van der Waals surface area contributed by atoms with Crippen LogP contribution >= 0.6 is 0 Å². The molecule has 0 saturated carbocycles. The lowest BCUT2D eigenvalue weighted by Crippen LogP contribution is -2.47. The number of likely N-dealkylation sites (tertiary alicyclic amines) is 1. The number of amides is 1. The molecule has 2 fully saturated rings. The number of ether oxygens (including phenoxy) is 1. The average molecular weight is 410 g/mol. The van der Waals surface area contributed by atoms with Crippen LogP contribution in [-0.4, -0.2) is 70.1 Å². The van der Waals surface area contributed by atoms with E-state index in [1.54, 1.807) is 12.4 Å². The van der Waals surface area contributed by atoms with Crippen LogP contribution in [0.25, 0.3) is 0 Å². The topological polar surface area (TPSA) is 74.4 Å². The molecule has 2 aromatic heterocycles. The number of carbonyl (C=O) groups is 1. The number of fused-ring (bicyclic) bond motifs is 1. The fourth-order valence-corrected chi connectivity index (χ4v) is 5.43. The number of carbonyl (C=O) groups excluding carboxylic acids is 1. The minimum atomic E-state index is 0.102. The van der Waals surface area contributed by atoms with Crippen molar-refractivity contribution < 1.29 is 9.53 Å².